The molecule has 0 heterocycles. The van der Waals surface area contributed by atoms with Crippen molar-refractivity contribution in [3.63, 3.8) is 0 Å². The van der Waals surface area contributed by atoms with E-state index in [2.05, 4.69) is 98.5 Å². The van der Waals surface area contributed by atoms with Gasteiger partial charge in [0.15, 0.2) is 0 Å². The predicted molar refractivity (Wildman–Crippen MR) is 104 cm³/mol. The monoisotopic (exact) mass is 310 g/mol. The molecular formula is C24H22. The van der Waals surface area contributed by atoms with E-state index in [0.717, 1.165) is 18.4 Å². The van der Waals surface area contributed by atoms with Crippen LogP contribution in [-0.2, 0) is 0 Å². The highest BCUT2D eigenvalue weighted by Gasteiger charge is 2.04. The molecule has 0 unspecified atom stereocenters. The second-order valence-electron chi connectivity index (χ2n) is 6.02. The summed E-state index contributed by atoms with van der Waals surface area (Å²) in [4.78, 5) is 0. The Morgan fingerprint density at radius 3 is 2.12 bits per heavy atom. The Hall–Kier alpha value is -2.78. The van der Waals surface area contributed by atoms with Crippen LogP contribution in [0.25, 0.3) is 22.3 Å². The minimum absolute atomic E-state index is 0.960. The normalized spacial score (nSPS) is 10.1. The van der Waals surface area contributed by atoms with Gasteiger partial charge in [0, 0.05) is 12.0 Å². The van der Waals surface area contributed by atoms with Gasteiger partial charge in [-0.15, -0.1) is 0 Å². The van der Waals surface area contributed by atoms with Crippen molar-refractivity contribution < 1.29 is 0 Å². The molecule has 3 aromatic rings. The molecule has 0 bridgehead atoms. The number of rotatable bonds is 3. The van der Waals surface area contributed by atoms with Crippen molar-refractivity contribution in [2.45, 2.75) is 26.7 Å². The molecule has 0 aliphatic carbocycles. The molecule has 24 heavy (non-hydrogen) atoms. The zero-order chi connectivity index (χ0) is 16.8. The molecule has 0 saturated heterocycles. The van der Waals surface area contributed by atoms with Crippen molar-refractivity contribution in [2.75, 3.05) is 0 Å². The minimum Gasteiger partial charge on any atom is -0.0979 e. The summed E-state index contributed by atoms with van der Waals surface area (Å²) in [7, 11) is 0. The third-order valence-corrected chi connectivity index (χ3v) is 4.14. The maximum absolute atomic E-state index is 3.22. The third-order valence-electron chi connectivity index (χ3n) is 4.14. The lowest BCUT2D eigenvalue weighted by Gasteiger charge is -2.09. The van der Waals surface area contributed by atoms with E-state index in [9.17, 15) is 0 Å². The first-order valence-electron chi connectivity index (χ1n) is 8.53. The van der Waals surface area contributed by atoms with Gasteiger partial charge in [0.25, 0.3) is 0 Å². The van der Waals surface area contributed by atoms with Gasteiger partial charge >= 0.3 is 0 Å². The van der Waals surface area contributed by atoms with E-state index >= 15 is 0 Å². The van der Waals surface area contributed by atoms with Gasteiger partial charge in [0.2, 0.25) is 0 Å². The average molecular weight is 310 g/mol. The molecule has 0 fully saturated rings. The van der Waals surface area contributed by atoms with Gasteiger partial charge in [-0.2, -0.15) is 0 Å². The Labute approximate surface area is 145 Å². The fraction of sp³-hybridized carbons (Fsp3) is 0.167. The molecule has 0 aliphatic rings. The first kappa shape index (κ1) is 16.1. The number of hydrogen-bond acceptors (Lipinski definition) is 0. The molecule has 118 valence electrons. The second-order valence-corrected chi connectivity index (χ2v) is 6.02. The van der Waals surface area contributed by atoms with Crippen molar-refractivity contribution in [3.8, 4) is 34.1 Å². The van der Waals surface area contributed by atoms with Crippen LogP contribution in [0.3, 0.4) is 0 Å². The largest absolute Gasteiger partial charge is 0.0979 e. The highest BCUT2D eigenvalue weighted by Crippen LogP contribution is 2.28. The van der Waals surface area contributed by atoms with Crippen molar-refractivity contribution in [2.24, 2.45) is 0 Å². The zero-order valence-electron chi connectivity index (χ0n) is 14.3. The number of benzene rings is 3. The Kier molecular flexibility index (Phi) is 5.14. The molecule has 0 spiro atoms. The van der Waals surface area contributed by atoms with Crippen LogP contribution in [0.5, 0.6) is 0 Å². The van der Waals surface area contributed by atoms with Crippen molar-refractivity contribution in [3.05, 3.63) is 83.9 Å². The summed E-state index contributed by atoms with van der Waals surface area (Å²) in [5.74, 6) is 6.41. The van der Waals surface area contributed by atoms with Crippen LogP contribution >= 0.6 is 0 Å². The van der Waals surface area contributed by atoms with Gasteiger partial charge in [-0.1, -0.05) is 79.4 Å². The van der Waals surface area contributed by atoms with Crippen LogP contribution in [0.2, 0.25) is 0 Å². The average Bonchev–Trinajstić information content (AvgIpc) is 2.63. The number of hydrogen-bond donors (Lipinski definition) is 0. The van der Waals surface area contributed by atoms with Crippen molar-refractivity contribution in [1.29, 1.82) is 0 Å². The van der Waals surface area contributed by atoms with Gasteiger partial charge < -0.3 is 0 Å². The Morgan fingerprint density at radius 2 is 1.46 bits per heavy atom. The van der Waals surface area contributed by atoms with Crippen LogP contribution in [0.4, 0.5) is 0 Å². The van der Waals surface area contributed by atoms with E-state index < -0.39 is 0 Å². The molecule has 0 heteroatoms. The molecular weight excluding hydrogens is 288 g/mol. The van der Waals surface area contributed by atoms with E-state index in [1.165, 1.54) is 27.8 Å². The van der Waals surface area contributed by atoms with Crippen LogP contribution in [0.1, 0.15) is 30.9 Å². The molecule has 0 N–H and O–H groups in total. The van der Waals surface area contributed by atoms with E-state index in [1.54, 1.807) is 0 Å². The summed E-state index contributed by atoms with van der Waals surface area (Å²) in [6, 6.07) is 25.8. The summed E-state index contributed by atoms with van der Waals surface area (Å²) < 4.78 is 0. The van der Waals surface area contributed by atoms with Crippen molar-refractivity contribution >= 4 is 0 Å². The van der Waals surface area contributed by atoms with Crippen LogP contribution in [-0.4, -0.2) is 0 Å². The Balaban J connectivity index is 1.86. The smallest absolute Gasteiger partial charge is 0.0245 e. The third kappa shape index (κ3) is 3.76. The van der Waals surface area contributed by atoms with Gasteiger partial charge in [-0.25, -0.2) is 0 Å². The maximum Gasteiger partial charge on any atom is 0.0245 e. The summed E-state index contributed by atoms with van der Waals surface area (Å²) in [6.45, 7) is 4.33. The first-order valence-corrected chi connectivity index (χ1v) is 8.53. The molecule has 0 nitrogen and oxygen atoms in total. The Bertz CT molecular complexity index is 859. The Morgan fingerprint density at radius 1 is 0.750 bits per heavy atom. The van der Waals surface area contributed by atoms with E-state index in [4.69, 9.17) is 0 Å². The number of aryl methyl sites for hydroxylation is 1. The van der Waals surface area contributed by atoms with Crippen LogP contribution < -0.4 is 0 Å². The molecule has 0 aromatic heterocycles. The van der Waals surface area contributed by atoms with Crippen LogP contribution in [0, 0.1) is 18.8 Å². The standard InChI is InChI=1S/C24H22/c1-3-4-6-9-20-12-14-21(15-13-20)23-16-17-24(19(2)18-23)22-10-7-5-8-11-22/h5,7-8,10-18H,3-4H2,1-2H3. The summed E-state index contributed by atoms with van der Waals surface area (Å²) >= 11 is 0. The maximum atomic E-state index is 3.22. The van der Waals surface area contributed by atoms with Crippen molar-refractivity contribution in [1.82, 2.24) is 0 Å². The lowest BCUT2D eigenvalue weighted by molar-refractivity contribution is 0.983. The minimum atomic E-state index is 0.960. The molecule has 0 amide bonds. The quantitative estimate of drug-likeness (QED) is 0.486. The first-order chi connectivity index (χ1) is 11.8. The summed E-state index contributed by atoms with van der Waals surface area (Å²) in [5.41, 5.74) is 7.43. The molecule has 0 saturated carbocycles. The molecule has 0 aliphatic heterocycles. The van der Waals surface area contributed by atoms with E-state index in [0.29, 0.717) is 0 Å². The van der Waals surface area contributed by atoms with Gasteiger partial charge in [-0.3, -0.25) is 0 Å². The highest BCUT2D eigenvalue weighted by molar-refractivity contribution is 5.73. The molecule has 3 rings (SSSR count). The van der Waals surface area contributed by atoms with Crippen LogP contribution in [0.15, 0.2) is 72.8 Å². The summed E-state index contributed by atoms with van der Waals surface area (Å²) in [5, 5.41) is 0. The SMILES string of the molecule is CCCC#Cc1ccc(-c2ccc(-c3ccccc3)c(C)c2)cc1. The van der Waals surface area contributed by atoms with E-state index in [1.807, 2.05) is 0 Å². The fourth-order valence-electron chi connectivity index (χ4n) is 2.82. The molecule has 0 atom stereocenters. The molecule has 0 radical (unpaired) electrons. The lowest BCUT2D eigenvalue weighted by atomic mass is 9.95. The molecule has 3 aromatic carbocycles. The van der Waals surface area contributed by atoms with Gasteiger partial charge in [0.1, 0.15) is 0 Å². The topological polar surface area (TPSA) is 0 Å². The second kappa shape index (κ2) is 7.66. The highest BCUT2D eigenvalue weighted by atomic mass is 14.1. The van der Waals surface area contributed by atoms with E-state index in [-0.39, 0.29) is 0 Å². The zero-order valence-corrected chi connectivity index (χ0v) is 14.3. The fourth-order valence-corrected chi connectivity index (χ4v) is 2.82. The predicted octanol–water partition coefficient (Wildman–Crippen LogP) is 6.48. The summed E-state index contributed by atoms with van der Waals surface area (Å²) in [6.07, 6.45) is 2.07. The number of unbranched alkanes of at least 4 members (excludes halogenated alkanes) is 1. The lowest BCUT2D eigenvalue weighted by Crippen LogP contribution is -1.86. The van der Waals surface area contributed by atoms with Gasteiger partial charge in [-0.05, 0) is 53.3 Å². The van der Waals surface area contributed by atoms with Gasteiger partial charge in [0.05, 0.1) is 0 Å².